The van der Waals surface area contributed by atoms with E-state index in [1.165, 1.54) is 0 Å². The van der Waals surface area contributed by atoms with Gasteiger partial charge in [-0.25, -0.2) is 9.44 Å². The molecule has 1 saturated heterocycles. The van der Waals surface area contributed by atoms with E-state index in [9.17, 15) is 8.42 Å². The third kappa shape index (κ3) is 4.36. The minimum atomic E-state index is -3.26. The number of hydrogen-bond donors (Lipinski definition) is 3. The van der Waals surface area contributed by atoms with Crippen LogP contribution in [0.3, 0.4) is 0 Å². The van der Waals surface area contributed by atoms with Gasteiger partial charge in [-0.3, -0.25) is 0 Å². The average Bonchev–Trinajstić information content (AvgIpc) is 2.17. The zero-order chi connectivity index (χ0) is 10.4. The molecule has 3 N–H and O–H groups in total. The zero-order valence-corrected chi connectivity index (χ0v) is 9.36. The van der Waals surface area contributed by atoms with Crippen LogP contribution >= 0.6 is 0 Å². The third-order valence-corrected chi connectivity index (χ3v) is 3.51. The number of piperidine rings is 1. The summed E-state index contributed by atoms with van der Waals surface area (Å²) >= 11 is 0. The zero-order valence-electron chi connectivity index (χ0n) is 8.54. The molecule has 6 heteroatoms. The second-order valence-electron chi connectivity index (χ2n) is 3.56. The van der Waals surface area contributed by atoms with Crippen LogP contribution in [0, 0.1) is 5.92 Å². The van der Waals surface area contributed by atoms with Crippen LogP contribution < -0.4 is 14.8 Å². The van der Waals surface area contributed by atoms with E-state index < -0.39 is 10.2 Å². The quantitative estimate of drug-likeness (QED) is 0.582. The van der Waals surface area contributed by atoms with Crippen LogP contribution in [0.25, 0.3) is 0 Å². The Labute approximate surface area is 85.8 Å². The Bertz CT molecular complexity index is 247. The lowest BCUT2D eigenvalue weighted by molar-refractivity contribution is 0.375. The van der Waals surface area contributed by atoms with Gasteiger partial charge >= 0.3 is 0 Å². The van der Waals surface area contributed by atoms with Crippen molar-refractivity contribution < 1.29 is 8.42 Å². The van der Waals surface area contributed by atoms with E-state index in [2.05, 4.69) is 14.8 Å². The van der Waals surface area contributed by atoms with E-state index >= 15 is 0 Å². The molecule has 0 spiro atoms. The third-order valence-electron chi connectivity index (χ3n) is 2.30. The Kier molecular flexibility index (Phi) is 4.80. The first kappa shape index (κ1) is 11.9. The molecule has 1 aliphatic heterocycles. The van der Waals surface area contributed by atoms with Crippen LogP contribution in [0.2, 0.25) is 0 Å². The summed E-state index contributed by atoms with van der Waals surface area (Å²) in [6, 6.07) is 0. The maximum Gasteiger partial charge on any atom is 0.276 e. The second-order valence-corrected chi connectivity index (χ2v) is 5.15. The first-order chi connectivity index (χ1) is 6.64. The second kappa shape index (κ2) is 5.65. The predicted molar refractivity (Wildman–Crippen MR) is 56.2 cm³/mol. The Balaban J connectivity index is 2.24. The van der Waals surface area contributed by atoms with Crippen LogP contribution in [0.15, 0.2) is 0 Å². The molecule has 14 heavy (non-hydrogen) atoms. The molecular weight excluding hydrogens is 202 g/mol. The van der Waals surface area contributed by atoms with Crippen molar-refractivity contribution in [3.63, 3.8) is 0 Å². The van der Waals surface area contributed by atoms with Gasteiger partial charge in [-0.15, -0.1) is 0 Å². The van der Waals surface area contributed by atoms with Gasteiger partial charge in [0.1, 0.15) is 0 Å². The summed E-state index contributed by atoms with van der Waals surface area (Å²) < 4.78 is 27.4. The maximum atomic E-state index is 11.2. The summed E-state index contributed by atoms with van der Waals surface area (Å²) in [4.78, 5) is 0. The highest BCUT2D eigenvalue weighted by atomic mass is 32.2. The number of hydrogen-bond acceptors (Lipinski definition) is 3. The van der Waals surface area contributed by atoms with Crippen LogP contribution in [0.5, 0.6) is 0 Å². The number of rotatable bonds is 5. The van der Waals surface area contributed by atoms with E-state index in [4.69, 9.17) is 0 Å². The maximum absolute atomic E-state index is 11.2. The molecule has 0 amide bonds. The van der Waals surface area contributed by atoms with Crippen molar-refractivity contribution in [2.24, 2.45) is 5.92 Å². The van der Waals surface area contributed by atoms with Crippen molar-refractivity contribution in [1.29, 1.82) is 0 Å². The fourth-order valence-corrected chi connectivity index (χ4v) is 2.50. The smallest absolute Gasteiger partial charge is 0.276 e. The average molecular weight is 221 g/mol. The minimum Gasteiger partial charge on any atom is -0.316 e. The summed E-state index contributed by atoms with van der Waals surface area (Å²) in [5, 5.41) is 3.25. The van der Waals surface area contributed by atoms with E-state index in [1.807, 2.05) is 0 Å². The predicted octanol–water partition coefficient (Wildman–Crippen LogP) is -0.570. The van der Waals surface area contributed by atoms with Gasteiger partial charge in [-0.2, -0.15) is 8.42 Å². The van der Waals surface area contributed by atoms with E-state index in [0.29, 0.717) is 19.0 Å². The Morgan fingerprint density at radius 3 is 2.79 bits per heavy atom. The highest BCUT2D eigenvalue weighted by molar-refractivity contribution is 7.87. The molecule has 1 heterocycles. The molecular formula is C8H19N3O2S. The minimum absolute atomic E-state index is 0.428. The molecule has 0 radical (unpaired) electrons. The van der Waals surface area contributed by atoms with Crippen LogP contribution in [-0.4, -0.2) is 34.6 Å². The van der Waals surface area contributed by atoms with Gasteiger partial charge in [0, 0.05) is 13.1 Å². The summed E-state index contributed by atoms with van der Waals surface area (Å²) in [5.41, 5.74) is 0. The van der Waals surface area contributed by atoms with Gasteiger partial charge in [0.2, 0.25) is 0 Å². The van der Waals surface area contributed by atoms with Gasteiger partial charge in [0.15, 0.2) is 0 Å². The summed E-state index contributed by atoms with van der Waals surface area (Å²) in [7, 11) is -3.26. The molecule has 0 bridgehead atoms. The molecule has 84 valence electrons. The van der Waals surface area contributed by atoms with Gasteiger partial charge in [-0.1, -0.05) is 6.92 Å². The van der Waals surface area contributed by atoms with Crippen LogP contribution in [-0.2, 0) is 10.2 Å². The van der Waals surface area contributed by atoms with E-state index in [1.54, 1.807) is 6.92 Å². The normalized spacial score (nSPS) is 23.6. The summed E-state index contributed by atoms with van der Waals surface area (Å²) in [6.45, 7) is 4.69. The highest BCUT2D eigenvalue weighted by Gasteiger charge is 2.15. The first-order valence-corrected chi connectivity index (χ1v) is 6.57. The van der Waals surface area contributed by atoms with Gasteiger partial charge in [0.25, 0.3) is 10.2 Å². The van der Waals surface area contributed by atoms with Crippen molar-refractivity contribution in [2.45, 2.75) is 19.8 Å². The summed E-state index contributed by atoms with van der Waals surface area (Å²) in [6.07, 6.45) is 2.23. The molecule has 1 aliphatic rings. The largest absolute Gasteiger partial charge is 0.316 e. The molecule has 0 aromatic rings. The Morgan fingerprint density at radius 1 is 1.43 bits per heavy atom. The van der Waals surface area contributed by atoms with Crippen molar-refractivity contribution in [3.05, 3.63) is 0 Å². The Hall–Kier alpha value is -0.170. The van der Waals surface area contributed by atoms with Crippen molar-refractivity contribution in [3.8, 4) is 0 Å². The van der Waals surface area contributed by atoms with Gasteiger partial charge in [0.05, 0.1) is 0 Å². The fourth-order valence-electron chi connectivity index (χ4n) is 1.57. The lowest BCUT2D eigenvalue weighted by atomic mass is 10.0. The van der Waals surface area contributed by atoms with Crippen molar-refractivity contribution in [1.82, 2.24) is 14.8 Å². The van der Waals surface area contributed by atoms with Crippen LogP contribution in [0.1, 0.15) is 19.8 Å². The van der Waals surface area contributed by atoms with E-state index in [-0.39, 0.29) is 0 Å². The van der Waals surface area contributed by atoms with Gasteiger partial charge < -0.3 is 5.32 Å². The molecule has 1 fully saturated rings. The topological polar surface area (TPSA) is 70.2 Å². The number of nitrogens with one attached hydrogen (secondary N) is 3. The van der Waals surface area contributed by atoms with Crippen molar-refractivity contribution in [2.75, 3.05) is 26.2 Å². The standard InChI is InChI=1S/C8H19N3O2S/c1-2-10-14(12,13)11-7-8-4-3-5-9-6-8/h8-11H,2-7H2,1H3. The SMILES string of the molecule is CCNS(=O)(=O)NCC1CCCNC1. The van der Waals surface area contributed by atoms with Crippen molar-refractivity contribution >= 4 is 10.2 Å². The van der Waals surface area contributed by atoms with Crippen LogP contribution in [0.4, 0.5) is 0 Å². The molecule has 0 saturated carbocycles. The molecule has 0 aliphatic carbocycles. The molecule has 1 rings (SSSR count). The van der Waals surface area contributed by atoms with E-state index in [0.717, 1.165) is 25.9 Å². The molecule has 1 unspecified atom stereocenters. The molecule has 0 aromatic heterocycles. The monoisotopic (exact) mass is 221 g/mol. The molecule has 1 atom stereocenters. The lowest BCUT2D eigenvalue weighted by Gasteiger charge is -2.22. The first-order valence-electron chi connectivity index (χ1n) is 5.09. The molecule has 0 aromatic carbocycles. The molecule has 5 nitrogen and oxygen atoms in total. The van der Waals surface area contributed by atoms with Gasteiger partial charge in [-0.05, 0) is 31.8 Å². The highest BCUT2D eigenvalue weighted by Crippen LogP contribution is 2.08. The summed E-state index contributed by atoms with van der Waals surface area (Å²) in [5.74, 6) is 0.428. The Morgan fingerprint density at radius 2 is 2.21 bits per heavy atom. The lowest BCUT2D eigenvalue weighted by Crippen LogP contribution is -2.42. The fraction of sp³-hybridized carbons (Fsp3) is 1.00.